The number of hydrogen-bond donors (Lipinski definition) is 2. The highest BCUT2D eigenvalue weighted by molar-refractivity contribution is 5.98. The first-order valence-electron chi connectivity index (χ1n) is 17.7. The number of alkyl halides is 1. The minimum atomic E-state index is -0.460. The molecule has 256 valence electrons. The highest BCUT2D eigenvalue weighted by atomic mass is 19.1. The van der Waals surface area contributed by atoms with Crippen molar-refractivity contribution >= 4 is 29.9 Å². The minimum absolute atomic E-state index is 0.0531. The van der Waals surface area contributed by atoms with Crippen LogP contribution in [0.2, 0.25) is 0 Å². The molecular weight excluding hydrogens is 585 g/mol. The molecule has 2 aliphatic carbocycles. The van der Waals surface area contributed by atoms with E-state index in [1.54, 1.807) is 0 Å². The average molecular weight is 642 g/mol. The van der Waals surface area contributed by atoms with E-state index in [2.05, 4.69) is 17.3 Å². The van der Waals surface area contributed by atoms with Crippen LogP contribution in [0.25, 0.3) is 6.08 Å². The molecule has 0 aromatic heterocycles. The number of fused-ring (bicyclic) bond motifs is 1. The number of carbonyl (C=O) groups is 3. The topological polar surface area (TPSA) is 111 Å². The molecule has 8 nitrogen and oxygen atoms in total. The summed E-state index contributed by atoms with van der Waals surface area (Å²) in [4.78, 5) is 38.6. The molecule has 4 atom stereocenters. The summed E-state index contributed by atoms with van der Waals surface area (Å²) in [6.07, 6.45) is 16.2. The predicted octanol–water partition coefficient (Wildman–Crippen LogP) is 6.11. The Kier molecular flexibility index (Phi) is 14.7. The number of hydrogen-bond acceptors (Lipinski definition) is 7. The molecule has 2 aliphatic heterocycles. The number of benzene rings is 1. The van der Waals surface area contributed by atoms with Crippen LogP contribution in [0.4, 0.5) is 10.1 Å². The summed E-state index contributed by atoms with van der Waals surface area (Å²) < 4.78 is 22.9. The number of amides is 1. The van der Waals surface area contributed by atoms with Gasteiger partial charge in [0, 0.05) is 42.9 Å². The summed E-state index contributed by atoms with van der Waals surface area (Å²) in [5.74, 6) is 1.54. The van der Waals surface area contributed by atoms with Gasteiger partial charge in [0.25, 0.3) is 0 Å². The number of aldehydes is 1. The second-order valence-electron chi connectivity index (χ2n) is 13.8. The van der Waals surface area contributed by atoms with Crippen molar-refractivity contribution in [1.29, 1.82) is 0 Å². The molecule has 1 aromatic carbocycles. The Hall–Kier alpha value is -2.62. The van der Waals surface area contributed by atoms with E-state index >= 15 is 0 Å². The van der Waals surface area contributed by atoms with Crippen LogP contribution in [-0.4, -0.2) is 75.2 Å². The van der Waals surface area contributed by atoms with Crippen LogP contribution in [0, 0.1) is 23.7 Å². The largest absolute Gasteiger partial charge is 0.462 e. The minimum Gasteiger partial charge on any atom is -0.462 e. The van der Waals surface area contributed by atoms with Gasteiger partial charge in [-0.05, 0) is 99.2 Å². The lowest BCUT2D eigenvalue weighted by molar-refractivity contribution is -0.141. The highest BCUT2D eigenvalue weighted by Gasteiger charge is 2.41. The first-order valence-corrected chi connectivity index (χ1v) is 17.7. The fourth-order valence-corrected chi connectivity index (χ4v) is 7.47. The second-order valence-corrected chi connectivity index (χ2v) is 13.8. The van der Waals surface area contributed by atoms with Crippen molar-refractivity contribution in [3.63, 3.8) is 0 Å². The fraction of sp³-hybridized carbons (Fsp3) is 0.703. The van der Waals surface area contributed by atoms with Crippen LogP contribution in [-0.2, 0) is 30.3 Å². The number of nitrogens with zero attached hydrogens (tertiary/aromatic N) is 1. The number of esters is 1. The van der Waals surface area contributed by atoms with Crippen LogP contribution in [0.15, 0.2) is 23.8 Å². The quantitative estimate of drug-likeness (QED) is 0.197. The van der Waals surface area contributed by atoms with Crippen molar-refractivity contribution in [2.75, 3.05) is 45.4 Å². The summed E-state index contributed by atoms with van der Waals surface area (Å²) in [6, 6.07) is 5.59. The summed E-state index contributed by atoms with van der Waals surface area (Å²) in [7, 11) is 2.08. The van der Waals surface area contributed by atoms with Crippen molar-refractivity contribution in [3.8, 4) is 0 Å². The lowest BCUT2D eigenvalue weighted by Crippen LogP contribution is -2.43. The van der Waals surface area contributed by atoms with E-state index in [9.17, 15) is 18.8 Å². The Morgan fingerprint density at radius 1 is 1.13 bits per heavy atom. The molecule has 46 heavy (non-hydrogen) atoms. The standard InChI is InChI=1S/C28H38N2O4.C9H18FNO/c1-30-12-9-25(20-5-3-2-4-6-20)26(30)27(31)29-24-8-7-21-15-23(16-22(21)17-24)28(32)34-18-19-10-13-33-14-11-19;1-2-8(7-12)4-3-5-9(11)6-10/h7-8,16-17,19-20,25-26H,2-6,9-15,18H2,1H3,(H,29,31);7-9H,2-6,11H2,1H3. The third-order valence-electron chi connectivity index (χ3n) is 10.5. The zero-order valence-corrected chi connectivity index (χ0v) is 28.0. The van der Waals surface area contributed by atoms with Crippen molar-refractivity contribution in [3.05, 3.63) is 34.9 Å². The van der Waals surface area contributed by atoms with E-state index < -0.39 is 6.67 Å². The molecule has 5 rings (SSSR count). The summed E-state index contributed by atoms with van der Waals surface area (Å²) >= 11 is 0. The summed E-state index contributed by atoms with van der Waals surface area (Å²) in [5.41, 5.74) is 8.98. The number of likely N-dealkylation sites (tertiary alicyclic amines) is 1. The Bertz CT molecular complexity index is 1160. The number of carbonyl (C=O) groups excluding carboxylic acids is 3. The molecule has 2 heterocycles. The van der Waals surface area contributed by atoms with Gasteiger partial charge >= 0.3 is 5.97 Å². The maximum atomic E-state index is 13.3. The maximum absolute atomic E-state index is 13.3. The zero-order valence-electron chi connectivity index (χ0n) is 28.0. The molecule has 3 fully saturated rings. The lowest BCUT2D eigenvalue weighted by atomic mass is 9.76. The highest BCUT2D eigenvalue weighted by Crippen LogP contribution is 2.39. The van der Waals surface area contributed by atoms with Gasteiger partial charge in [0.15, 0.2) is 0 Å². The molecule has 9 heteroatoms. The summed E-state index contributed by atoms with van der Waals surface area (Å²) in [5, 5.41) is 3.19. The molecule has 0 spiro atoms. The maximum Gasteiger partial charge on any atom is 0.334 e. The molecule has 2 saturated heterocycles. The van der Waals surface area contributed by atoms with Crippen molar-refractivity contribution in [1.82, 2.24) is 4.90 Å². The number of rotatable bonds is 13. The van der Waals surface area contributed by atoms with Crippen LogP contribution < -0.4 is 11.1 Å². The lowest BCUT2D eigenvalue weighted by Gasteiger charge is -2.32. The van der Waals surface area contributed by atoms with Crippen molar-refractivity contribution in [2.24, 2.45) is 29.4 Å². The fourth-order valence-electron chi connectivity index (χ4n) is 7.47. The third-order valence-corrected chi connectivity index (χ3v) is 10.5. The van der Waals surface area contributed by atoms with Crippen LogP contribution in [0.3, 0.4) is 0 Å². The van der Waals surface area contributed by atoms with E-state index in [1.165, 1.54) is 32.1 Å². The third kappa shape index (κ3) is 10.4. The molecule has 1 amide bonds. The van der Waals surface area contributed by atoms with Crippen molar-refractivity contribution < 1.29 is 28.2 Å². The van der Waals surface area contributed by atoms with Gasteiger partial charge in [-0.25, -0.2) is 9.18 Å². The number of likely N-dealkylation sites (N-methyl/N-ethyl adjacent to an activating group) is 1. The number of nitrogens with two attached hydrogens (primary N) is 1. The second kappa shape index (κ2) is 18.6. The monoisotopic (exact) mass is 641 g/mol. The summed E-state index contributed by atoms with van der Waals surface area (Å²) in [6.45, 7) is 4.48. The molecule has 0 radical (unpaired) electrons. The van der Waals surface area contributed by atoms with Crippen LogP contribution >= 0.6 is 0 Å². The van der Waals surface area contributed by atoms with Gasteiger partial charge in [0.2, 0.25) is 5.91 Å². The van der Waals surface area contributed by atoms with E-state index in [4.69, 9.17) is 15.2 Å². The number of nitrogens with one attached hydrogen (secondary N) is 1. The SMILES string of the molecule is CCC(C=O)CCCC(N)CF.CN1CCC(C2CCCCC2)C1C(=O)Nc1ccc2c(c1)C=C(C(=O)OCC1CCOCC1)C2. The van der Waals surface area contributed by atoms with Gasteiger partial charge in [0.05, 0.1) is 12.6 Å². The van der Waals surface area contributed by atoms with Gasteiger partial charge in [-0.2, -0.15) is 0 Å². The molecule has 1 aromatic rings. The molecule has 1 saturated carbocycles. The van der Waals surface area contributed by atoms with E-state index in [1.807, 2.05) is 31.2 Å². The first kappa shape index (κ1) is 36.2. The van der Waals surface area contributed by atoms with Crippen LogP contribution in [0.1, 0.15) is 95.1 Å². The van der Waals surface area contributed by atoms with Gasteiger partial charge in [-0.3, -0.25) is 9.69 Å². The first-order chi connectivity index (χ1) is 22.3. The van der Waals surface area contributed by atoms with E-state index in [0.717, 1.165) is 81.4 Å². The number of ether oxygens (including phenoxy) is 2. The molecular formula is C37H56FN3O5. The van der Waals surface area contributed by atoms with Crippen LogP contribution in [0.5, 0.6) is 0 Å². The number of anilines is 1. The Balaban J connectivity index is 0.000000342. The predicted molar refractivity (Wildman–Crippen MR) is 180 cm³/mol. The normalized spacial score (nSPS) is 23.4. The Morgan fingerprint density at radius 2 is 1.89 bits per heavy atom. The molecule has 3 N–H and O–H groups in total. The van der Waals surface area contributed by atoms with Gasteiger partial charge in [0.1, 0.15) is 13.0 Å². The van der Waals surface area contributed by atoms with E-state index in [0.29, 0.717) is 42.8 Å². The number of halogens is 1. The smallest absolute Gasteiger partial charge is 0.334 e. The molecule has 4 unspecified atom stereocenters. The van der Waals surface area contributed by atoms with Gasteiger partial charge < -0.3 is 25.3 Å². The molecule has 0 bridgehead atoms. The van der Waals surface area contributed by atoms with Gasteiger partial charge in [-0.15, -0.1) is 0 Å². The molecule has 4 aliphatic rings. The Morgan fingerprint density at radius 3 is 2.59 bits per heavy atom. The average Bonchev–Trinajstić information content (AvgIpc) is 3.70. The Labute approximate surface area is 275 Å². The van der Waals surface area contributed by atoms with Gasteiger partial charge in [-0.1, -0.05) is 51.5 Å². The van der Waals surface area contributed by atoms with E-state index in [-0.39, 0.29) is 29.9 Å². The zero-order chi connectivity index (χ0) is 32.9. The van der Waals surface area contributed by atoms with Crippen molar-refractivity contribution in [2.45, 2.75) is 102 Å².